The Morgan fingerprint density at radius 1 is 0.493 bits per heavy atom. The molecule has 4 atom stereocenters. The van der Waals surface area contributed by atoms with Gasteiger partial charge < -0.3 is 0 Å². The zero-order chi connectivity index (χ0) is 53.0. The molecule has 2 aliphatic carbocycles. The van der Waals surface area contributed by atoms with Crippen LogP contribution in [0.1, 0.15) is 241 Å². The Balaban J connectivity index is 0.000000216. The lowest BCUT2D eigenvalue weighted by Crippen LogP contribution is -2.31. The zero-order valence-electron chi connectivity index (χ0n) is 47.2. The van der Waals surface area contributed by atoms with E-state index in [1.54, 1.807) is 50.8 Å². The van der Waals surface area contributed by atoms with Gasteiger partial charge in [-0.15, -0.1) is 45.3 Å². The minimum absolute atomic E-state index is 0. The highest BCUT2D eigenvalue weighted by atomic mass is 32.2. The van der Waals surface area contributed by atoms with Crippen molar-refractivity contribution in [3.05, 3.63) is 95.9 Å². The summed E-state index contributed by atoms with van der Waals surface area (Å²) in [4.78, 5) is 12.0. The maximum Gasteiger partial charge on any atom is 0.203 e. The molecule has 0 saturated heterocycles. The van der Waals surface area contributed by atoms with Crippen molar-refractivity contribution in [2.75, 3.05) is 0 Å². The molecule has 0 radical (unpaired) electrons. The fourth-order valence-corrected chi connectivity index (χ4v) is 20.4. The highest BCUT2D eigenvalue weighted by Crippen LogP contribution is 2.64. The molecule has 4 nitrogen and oxygen atoms in total. The van der Waals surface area contributed by atoms with Crippen LogP contribution in [0.3, 0.4) is 0 Å². The summed E-state index contributed by atoms with van der Waals surface area (Å²) in [6.45, 7) is 27.3. The number of unbranched alkanes of at least 4 members (excludes halogenated alkanes) is 4. The van der Waals surface area contributed by atoms with E-state index in [0.717, 1.165) is 27.7 Å². The SMILES string of the molecule is C.CCCCC(CC)CC1(CC(CC)CCCC)c2cc(C)sc2-c2sc(-c3ccc(C)c4nsnc34)cc21.CCCCC(CC)CC1(CC(CC)CCCC)c2cc(C)sc2-c2sc(C3=CC=C(C)S3(=O)=O)cc21. The summed E-state index contributed by atoms with van der Waals surface area (Å²) in [5.74, 6) is 2.92. The van der Waals surface area contributed by atoms with Crippen LogP contribution < -0.4 is 0 Å². The van der Waals surface area contributed by atoms with E-state index < -0.39 is 9.84 Å². The molecule has 0 fully saturated rings. The maximum atomic E-state index is 13.1. The van der Waals surface area contributed by atoms with Crippen LogP contribution in [0.4, 0.5) is 0 Å². The van der Waals surface area contributed by atoms with E-state index in [-0.39, 0.29) is 18.3 Å². The molecule has 1 aromatic carbocycles. The number of rotatable bonds is 26. The fraction of sp³-hybridized carbons (Fsp3) is 0.600. The monoisotopic (exact) mass is 1120 g/mol. The Bertz CT molecular complexity index is 2990. The zero-order valence-corrected chi connectivity index (χ0v) is 52.1. The van der Waals surface area contributed by atoms with Gasteiger partial charge in [0.1, 0.15) is 11.0 Å². The van der Waals surface area contributed by atoms with Crippen molar-refractivity contribution < 1.29 is 8.42 Å². The molecule has 4 unspecified atom stereocenters. The Hall–Kier alpha value is -2.73. The first-order valence-corrected chi connectivity index (χ1v) is 34.5. The van der Waals surface area contributed by atoms with Crippen molar-refractivity contribution in [3.63, 3.8) is 0 Å². The molecule has 5 aromatic heterocycles. The van der Waals surface area contributed by atoms with Crippen LogP contribution in [-0.2, 0) is 20.7 Å². The van der Waals surface area contributed by atoms with Crippen molar-refractivity contribution in [1.29, 1.82) is 0 Å². The predicted molar refractivity (Wildman–Crippen MR) is 337 cm³/mol. The number of hydrogen-bond acceptors (Lipinski definition) is 9. The molecular weight excluding hydrogens is 1030 g/mol. The van der Waals surface area contributed by atoms with Crippen LogP contribution in [0.15, 0.2) is 53.5 Å². The number of aromatic nitrogens is 2. The van der Waals surface area contributed by atoms with Gasteiger partial charge in [-0.25, -0.2) is 8.42 Å². The topological polar surface area (TPSA) is 59.9 Å². The quantitative estimate of drug-likeness (QED) is 0.0543. The summed E-state index contributed by atoms with van der Waals surface area (Å²) in [6, 6.07) is 14.4. The largest absolute Gasteiger partial charge is 0.219 e. The maximum absolute atomic E-state index is 13.1. The van der Waals surface area contributed by atoms with Gasteiger partial charge in [-0.2, -0.15) is 8.75 Å². The van der Waals surface area contributed by atoms with Gasteiger partial charge in [0.25, 0.3) is 0 Å². The molecule has 0 N–H and O–H groups in total. The standard InChI is InChI=1S/C33H44N2S3.C31H44O2S3.CH4/c1-7-11-13-23(9-3)19-33(20-24(10-4)14-12-8-2)26-17-22(6)36-31(26)32-27(33)18-28(37-32)25-16-15-21(5)29-30(25)35-38-34-29;1-7-11-13-23(9-3)19-31(20-24(10-4)14-12-8-2)25-17-21(5)34-29(25)30-26(31)18-27(35-30)28-16-15-22(6)36(28,32)33;/h15-18,23-24H,7-14,19-20H2,1-6H3;15-18,23-24H,7-14,19-20H2,1-6H3;1H4. The molecule has 0 saturated carbocycles. The van der Waals surface area contributed by atoms with Crippen LogP contribution in [0.25, 0.3) is 45.9 Å². The summed E-state index contributed by atoms with van der Waals surface area (Å²) < 4.78 is 35.6. The van der Waals surface area contributed by atoms with E-state index in [0.29, 0.717) is 21.6 Å². The molecule has 3 aliphatic rings. The lowest BCUT2D eigenvalue weighted by molar-refractivity contribution is 0.266. The molecule has 0 amide bonds. The normalized spacial score (nSPS) is 19.6. The summed E-state index contributed by atoms with van der Waals surface area (Å²) >= 11 is 9.01. The second-order valence-electron chi connectivity index (χ2n) is 22.8. The lowest BCUT2D eigenvalue weighted by Gasteiger charge is -2.37. The van der Waals surface area contributed by atoms with Crippen LogP contribution in [0, 0.1) is 44.4 Å². The number of benzene rings is 1. The summed E-state index contributed by atoms with van der Waals surface area (Å²) in [7, 11) is -3.36. The van der Waals surface area contributed by atoms with Crippen LogP contribution >= 0.6 is 57.1 Å². The summed E-state index contributed by atoms with van der Waals surface area (Å²) in [5, 5.41) is 0. The molecule has 75 heavy (non-hydrogen) atoms. The Morgan fingerprint density at radius 2 is 0.880 bits per heavy atom. The number of fused-ring (bicyclic) bond motifs is 7. The number of hydrogen-bond donors (Lipinski definition) is 0. The van der Waals surface area contributed by atoms with Gasteiger partial charge >= 0.3 is 0 Å². The van der Waals surface area contributed by atoms with Crippen molar-refractivity contribution in [3.8, 4) is 29.9 Å². The molecule has 0 bridgehead atoms. The van der Waals surface area contributed by atoms with Crippen molar-refractivity contribution in [2.45, 2.75) is 230 Å². The van der Waals surface area contributed by atoms with E-state index in [2.05, 4.69) is 117 Å². The second kappa shape index (κ2) is 26.0. The second-order valence-corrected chi connectivity index (χ2v) is 30.0. The van der Waals surface area contributed by atoms with Crippen molar-refractivity contribution >= 4 is 82.9 Å². The minimum Gasteiger partial charge on any atom is -0.219 e. The molecule has 410 valence electrons. The molecule has 10 heteroatoms. The number of thiophene rings is 4. The van der Waals surface area contributed by atoms with Gasteiger partial charge in [-0.3, -0.25) is 0 Å². The Kier molecular flexibility index (Phi) is 20.8. The van der Waals surface area contributed by atoms with E-state index in [9.17, 15) is 8.42 Å². The van der Waals surface area contributed by atoms with Gasteiger partial charge in [0.2, 0.25) is 9.84 Å². The predicted octanol–water partition coefficient (Wildman–Crippen LogP) is 22.5. The van der Waals surface area contributed by atoms with Gasteiger partial charge in [0.15, 0.2) is 0 Å². The third-order valence-corrected chi connectivity index (χ3v) is 25.0. The van der Waals surface area contributed by atoms with E-state index in [4.69, 9.17) is 4.37 Å². The number of aryl methyl sites for hydroxylation is 3. The molecule has 9 rings (SSSR count). The van der Waals surface area contributed by atoms with Gasteiger partial charge in [0.05, 0.1) is 16.6 Å². The highest BCUT2D eigenvalue weighted by molar-refractivity contribution is 8.04. The third kappa shape index (κ3) is 11.9. The number of allylic oxidation sites excluding steroid dienone is 3. The van der Waals surface area contributed by atoms with Gasteiger partial charge in [-0.1, -0.05) is 178 Å². The van der Waals surface area contributed by atoms with E-state index >= 15 is 0 Å². The fourth-order valence-electron chi connectivity index (χ4n) is 13.2. The lowest BCUT2D eigenvalue weighted by atomic mass is 9.65. The first-order chi connectivity index (χ1) is 35.7. The summed E-state index contributed by atoms with van der Waals surface area (Å²) in [5.41, 5.74) is 11.0. The Labute approximate surface area is 475 Å². The average molecular weight is 1130 g/mol. The van der Waals surface area contributed by atoms with Crippen molar-refractivity contribution in [1.82, 2.24) is 8.75 Å². The molecular formula is C65H92N2O2S6. The summed E-state index contributed by atoms with van der Waals surface area (Å²) in [6.07, 6.45) is 29.1. The average Bonchev–Trinajstić information content (AvgIpc) is 4.28. The van der Waals surface area contributed by atoms with Gasteiger partial charge in [-0.05, 0) is 141 Å². The molecule has 6 heterocycles. The number of sulfone groups is 1. The van der Waals surface area contributed by atoms with E-state index in [1.165, 1.54) is 181 Å². The highest BCUT2D eigenvalue weighted by Gasteiger charge is 2.50. The van der Waals surface area contributed by atoms with Crippen LogP contribution in [0.2, 0.25) is 0 Å². The van der Waals surface area contributed by atoms with E-state index in [1.807, 2.05) is 40.1 Å². The Morgan fingerprint density at radius 3 is 1.28 bits per heavy atom. The smallest absolute Gasteiger partial charge is 0.203 e. The molecule has 1 aliphatic heterocycles. The van der Waals surface area contributed by atoms with Crippen LogP contribution in [0.5, 0.6) is 0 Å². The molecule has 6 aromatic rings. The third-order valence-electron chi connectivity index (χ3n) is 17.7. The number of nitrogens with zero attached hydrogens (tertiary/aromatic N) is 2. The van der Waals surface area contributed by atoms with Crippen molar-refractivity contribution in [2.24, 2.45) is 23.7 Å². The molecule has 0 spiro atoms. The first kappa shape index (κ1) is 59.9. The minimum atomic E-state index is -3.36. The first-order valence-electron chi connectivity index (χ1n) is 29.0. The van der Waals surface area contributed by atoms with Gasteiger partial charge in [0, 0.05) is 60.3 Å². The van der Waals surface area contributed by atoms with Crippen LogP contribution in [-0.4, -0.2) is 17.2 Å².